The maximum Gasteiger partial charge on any atom is 0.420 e. The number of piperidine rings is 1. The second-order valence-corrected chi connectivity index (χ2v) is 10.1. The van der Waals surface area contributed by atoms with Crippen LogP contribution in [0.4, 0.5) is 13.2 Å². The molecule has 0 radical (unpaired) electrons. The second-order valence-electron chi connectivity index (χ2n) is 9.69. The van der Waals surface area contributed by atoms with Crippen molar-refractivity contribution in [3.63, 3.8) is 0 Å². The minimum absolute atomic E-state index is 0.0303. The van der Waals surface area contributed by atoms with Crippen molar-refractivity contribution in [2.24, 2.45) is 11.8 Å². The number of likely N-dealkylation sites (tertiary alicyclic amines) is 1. The summed E-state index contributed by atoms with van der Waals surface area (Å²) in [7, 11) is 0. The number of nitrogens with zero attached hydrogens (tertiary/aromatic N) is 1. The molecule has 1 aliphatic heterocycles. The average Bonchev–Trinajstić information content (AvgIpc) is 3.58. The van der Waals surface area contributed by atoms with Crippen LogP contribution >= 0.6 is 11.6 Å². The van der Waals surface area contributed by atoms with Crippen molar-refractivity contribution in [2.45, 2.75) is 50.6 Å². The van der Waals surface area contributed by atoms with Gasteiger partial charge >= 0.3 is 6.18 Å². The van der Waals surface area contributed by atoms with Crippen LogP contribution in [0.3, 0.4) is 0 Å². The van der Waals surface area contributed by atoms with Crippen LogP contribution in [-0.4, -0.2) is 41.4 Å². The highest BCUT2D eigenvalue weighted by molar-refractivity contribution is 6.38. The molecule has 182 valence electrons. The van der Waals surface area contributed by atoms with Gasteiger partial charge in [-0.05, 0) is 74.1 Å². The Hall–Kier alpha value is -2.32. The first-order chi connectivity index (χ1) is 16.2. The van der Waals surface area contributed by atoms with Gasteiger partial charge in [-0.3, -0.25) is 9.59 Å². The molecule has 3 aliphatic rings. The van der Waals surface area contributed by atoms with Gasteiger partial charge in [0, 0.05) is 31.0 Å². The van der Waals surface area contributed by atoms with Crippen molar-refractivity contribution < 1.29 is 32.3 Å². The third-order valence-electron chi connectivity index (χ3n) is 7.19. The van der Waals surface area contributed by atoms with E-state index in [1.807, 2.05) is 0 Å². The van der Waals surface area contributed by atoms with Crippen LogP contribution in [0.25, 0.3) is 11.0 Å². The van der Waals surface area contributed by atoms with E-state index in [0.717, 1.165) is 37.3 Å². The lowest BCUT2D eigenvalue weighted by atomic mass is 9.79. The first kappa shape index (κ1) is 23.4. The van der Waals surface area contributed by atoms with Gasteiger partial charge in [-0.2, -0.15) is 13.2 Å². The largest absolute Gasteiger partial charge is 0.449 e. The van der Waals surface area contributed by atoms with Gasteiger partial charge < -0.3 is 14.4 Å². The molecule has 0 atom stereocenters. The van der Waals surface area contributed by atoms with Crippen LogP contribution in [0.15, 0.2) is 28.2 Å². The number of ketones is 1. The molecule has 1 N–H and O–H groups in total. The minimum atomic E-state index is -4.63. The van der Waals surface area contributed by atoms with Gasteiger partial charge in [0.25, 0.3) is 5.91 Å². The Morgan fingerprint density at radius 3 is 2.41 bits per heavy atom. The number of allylic oxidation sites excluding steroid dienone is 2. The molecule has 5 nitrogen and oxygen atoms in total. The number of hydrogen-bond acceptors (Lipinski definition) is 4. The van der Waals surface area contributed by atoms with Crippen molar-refractivity contribution in [1.82, 2.24) is 4.90 Å². The van der Waals surface area contributed by atoms with Crippen LogP contribution in [0.1, 0.15) is 66.1 Å². The summed E-state index contributed by atoms with van der Waals surface area (Å²) >= 11 is 6.38. The SMILES string of the molecule is O=C(C=C1CC(CO)C1)C1CCN(C(=O)c2oc3c(C(F)(F)F)cc(C4CC4)cc3c2Cl)CC1. The number of carbonyl (C=O) groups is 2. The highest BCUT2D eigenvalue weighted by Crippen LogP contribution is 2.47. The molecule has 9 heteroatoms. The average molecular weight is 496 g/mol. The molecule has 0 spiro atoms. The Morgan fingerprint density at radius 1 is 1.15 bits per heavy atom. The maximum atomic E-state index is 13.7. The van der Waals surface area contributed by atoms with E-state index < -0.39 is 23.2 Å². The smallest absolute Gasteiger partial charge is 0.420 e. The van der Waals surface area contributed by atoms with E-state index >= 15 is 0 Å². The molecular formula is C25H25ClF3NO4. The molecule has 2 aromatic rings. The zero-order valence-corrected chi connectivity index (χ0v) is 19.2. The molecule has 2 heterocycles. The first-order valence-electron chi connectivity index (χ1n) is 11.6. The zero-order valence-electron chi connectivity index (χ0n) is 18.5. The third-order valence-corrected chi connectivity index (χ3v) is 7.57. The number of hydrogen-bond donors (Lipinski definition) is 1. The van der Waals surface area contributed by atoms with Crippen molar-refractivity contribution in [1.29, 1.82) is 0 Å². The van der Waals surface area contributed by atoms with Gasteiger partial charge in [-0.1, -0.05) is 17.2 Å². The number of aliphatic hydroxyl groups excluding tert-OH is 1. The number of benzene rings is 1. The minimum Gasteiger partial charge on any atom is -0.449 e. The molecule has 5 rings (SSSR count). The molecule has 1 aromatic carbocycles. The summed E-state index contributed by atoms with van der Waals surface area (Å²) in [4.78, 5) is 27.1. The number of rotatable bonds is 5. The molecule has 1 amide bonds. The zero-order chi connectivity index (χ0) is 24.2. The molecule has 1 saturated heterocycles. The van der Waals surface area contributed by atoms with Gasteiger partial charge in [-0.25, -0.2) is 0 Å². The second kappa shape index (κ2) is 8.72. The van der Waals surface area contributed by atoms with E-state index in [2.05, 4.69) is 0 Å². The highest BCUT2D eigenvalue weighted by Gasteiger charge is 2.39. The fourth-order valence-corrected chi connectivity index (χ4v) is 5.21. The van der Waals surface area contributed by atoms with Crippen molar-refractivity contribution in [2.75, 3.05) is 19.7 Å². The Balaban J connectivity index is 1.32. The summed E-state index contributed by atoms with van der Waals surface area (Å²) in [5, 5.41) is 9.11. The molecule has 0 bridgehead atoms. The summed E-state index contributed by atoms with van der Waals surface area (Å²) in [6.45, 7) is 0.720. The van der Waals surface area contributed by atoms with E-state index in [1.165, 1.54) is 4.90 Å². The quantitative estimate of drug-likeness (QED) is 0.537. The molecule has 34 heavy (non-hydrogen) atoms. The monoisotopic (exact) mass is 495 g/mol. The number of furan rings is 1. The normalized spacial score (nSPS) is 21.6. The molecule has 0 unspecified atom stereocenters. The van der Waals surface area contributed by atoms with Gasteiger partial charge in [0.1, 0.15) is 5.58 Å². The Morgan fingerprint density at radius 2 is 1.82 bits per heavy atom. The van der Waals surface area contributed by atoms with Gasteiger partial charge in [0.2, 0.25) is 5.76 Å². The van der Waals surface area contributed by atoms with Gasteiger partial charge in [0.15, 0.2) is 5.78 Å². The number of aliphatic hydroxyl groups is 1. The number of halogens is 4. The van der Waals surface area contributed by atoms with E-state index in [1.54, 1.807) is 12.1 Å². The summed E-state index contributed by atoms with van der Waals surface area (Å²) in [5.74, 6) is -0.693. The molecule has 2 saturated carbocycles. The molecule has 3 fully saturated rings. The third kappa shape index (κ3) is 4.38. The number of amides is 1. The molecule has 2 aliphatic carbocycles. The predicted octanol–water partition coefficient (Wildman–Crippen LogP) is 5.73. The number of fused-ring (bicyclic) bond motifs is 1. The fourth-order valence-electron chi connectivity index (χ4n) is 4.95. The van der Waals surface area contributed by atoms with Crippen molar-refractivity contribution in [3.8, 4) is 0 Å². The standard InChI is InChI=1S/C25H25ClF3NO4/c26-21-18-10-17(15-1-2-15)11-19(25(27,28)29)22(18)34-23(21)24(33)30-5-3-16(4-6-30)20(32)9-13-7-14(8-13)12-31/h9-11,14-16,31H,1-8,12H2. The van der Waals surface area contributed by atoms with Crippen molar-refractivity contribution >= 4 is 34.3 Å². The fraction of sp³-hybridized carbons (Fsp3) is 0.520. The molecular weight excluding hydrogens is 471 g/mol. The van der Waals surface area contributed by atoms with Gasteiger partial charge in [-0.15, -0.1) is 0 Å². The van der Waals surface area contributed by atoms with Crippen molar-refractivity contribution in [3.05, 3.63) is 45.7 Å². The summed E-state index contributed by atoms with van der Waals surface area (Å²) in [6, 6.07) is 2.70. The van der Waals surface area contributed by atoms with E-state index in [9.17, 15) is 22.8 Å². The molecule has 1 aromatic heterocycles. The summed E-state index contributed by atoms with van der Waals surface area (Å²) in [5.41, 5.74) is 0.280. The van der Waals surface area contributed by atoms with Crippen LogP contribution in [0, 0.1) is 11.8 Å². The Kier molecular flexibility index (Phi) is 6.01. The van der Waals surface area contributed by atoms with E-state index in [4.69, 9.17) is 21.1 Å². The number of alkyl halides is 3. The number of carbonyl (C=O) groups excluding carboxylic acids is 2. The summed E-state index contributed by atoms with van der Waals surface area (Å²) < 4.78 is 46.6. The maximum absolute atomic E-state index is 13.7. The van der Waals surface area contributed by atoms with E-state index in [-0.39, 0.29) is 46.3 Å². The lowest BCUT2D eigenvalue weighted by Gasteiger charge is -2.31. The summed E-state index contributed by atoms with van der Waals surface area (Å²) in [6.07, 6.45) is 1.12. The Bertz CT molecular complexity index is 1170. The first-order valence-corrected chi connectivity index (χ1v) is 12.0. The topological polar surface area (TPSA) is 70.8 Å². The van der Waals surface area contributed by atoms with Crippen LogP contribution in [-0.2, 0) is 11.0 Å². The lowest BCUT2D eigenvalue weighted by molar-refractivity contribution is -0.136. The Labute approximate surface area is 199 Å². The van der Waals surface area contributed by atoms with Gasteiger partial charge in [0.05, 0.1) is 10.6 Å². The van der Waals surface area contributed by atoms with Crippen LogP contribution in [0.2, 0.25) is 5.02 Å². The van der Waals surface area contributed by atoms with E-state index in [0.29, 0.717) is 31.5 Å². The van der Waals surface area contributed by atoms with Crippen LogP contribution in [0.5, 0.6) is 0 Å². The predicted molar refractivity (Wildman–Crippen MR) is 120 cm³/mol. The lowest BCUT2D eigenvalue weighted by Crippen LogP contribution is -2.40. The highest BCUT2D eigenvalue weighted by atomic mass is 35.5. The van der Waals surface area contributed by atoms with Crippen LogP contribution < -0.4 is 0 Å².